The molecule has 1 aliphatic heterocycles. The lowest BCUT2D eigenvalue weighted by Gasteiger charge is -2.37. The third kappa shape index (κ3) is 5.15. The normalized spacial score (nSPS) is 14.8. The lowest BCUT2D eigenvalue weighted by atomic mass is 10.0. The van der Waals surface area contributed by atoms with Gasteiger partial charge in [0, 0.05) is 31.2 Å². The number of para-hydroxylation sites is 1. The first-order chi connectivity index (χ1) is 14.8. The summed E-state index contributed by atoms with van der Waals surface area (Å²) < 4.78 is 20.0. The Morgan fingerprint density at radius 1 is 1.10 bits per heavy atom. The van der Waals surface area contributed by atoms with E-state index >= 15 is 0 Å². The predicted octanol–water partition coefficient (Wildman–Crippen LogP) is 3.74. The van der Waals surface area contributed by atoms with Crippen molar-refractivity contribution in [2.24, 2.45) is 5.92 Å². The zero-order chi connectivity index (χ0) is 22.5. The maximum atomic E-state index is 14.0. The van der Waals surface area contributed by atoms with Crippen LogP contribution in [0.5, 0.6) is 5.75 Å². The number of nitrogens with zero attached hydrogens (tertiary/aromatic N) is 3. The number of ether oxygens (including phenoxy) is 1. The minimum Gasteiger partial charge on any atom is -0.479 e. The van der Waals surface area contributed by atoms with Gasteiger partial charge < -0.3 is 14.5 Å². The van der Waals surface area contributed by atoms with E-state index in [4.69, 9.17) is 16.3 Å². The molecule has 0 spiro atoms. The van der Waals surface area contributed by atoms with E-state index in [2.05, 4.69) is 6.07 Å². The van der Waals surface area contributed by atoms with Crippen molar-refractivity contribution in [2.75, 3.05) is 26.2 Å². The molecule has 1 saturated heterocycles. The number of benzene rings is 2. The first kappa shape index (κ1) is 22.6. The number of amides is 2. The Bertz CT molecular complexity index is 1010. The summed E-state index contributed by atoms with van der Waals surface area (Å²) in [6, 6.07) is 12.7. The van der Waals surface area contributed by atoms with Crippen molar-refractivity contribution < 1.29 is 18.7 Å². The molecular formula is C23H23ClFN3O3. The molecule has 162 valence electrons. The molecule has 0 bridgehead atoms. The van der Waals surface area contributed by atoms with Gasteiger partial charge in [-0.25, -0.2) is 4.39 Å². The molecule has 0 radical (unpaired) electrons. The van der Waals surface area contributed by atoms with Crippen LogP contribution in [0, 0.1) is 23.1 Å². The summed E-state index contributed by atoms with van der Waals surface area (Å²) in [5.74, 6) is -1.05. The van der Waals surface area contributed by atoms with Crippen molar-refractivity contribution in [3.63, 3.8) is 0 Å². The molecule has 8 heteroatoms. The van der Waals surface area contributed by atoms with Crippen molar-refractivity contribution >= 4 is 23.4 Å². The standard InChI is InChI=1S/C23H23ClFN3O3/c1-15(2)21(31-20-6-4-3-5-16(20)14-26)23(30)28-11-9-27(10-12-28)22(29)18-13-17(24)7-8-19(18)25/h3-8,13,15,21H,9-12H2,1-2H3. The lowest BCUT2D eigenvalue weighted by molar-refractivity contribution is -0.142. The summed E-state index contributed by atoms with van der Waals surface area (Å²) in [4.78, 5) is 28.9. The Hall–Kier alpha value is -3.11. The number of piperazine rings is 1. The molecule has 6 nitrogen and oxygen atoms in total. The smallest absolute Gasteiger partial charge is 0.264 e. The summed E-state index contributed by atoms with van der Waals surface area (Å²) in [5.41, 5.74) is 0.281. The van der Waals surface area contributed by atoms with Gasteiger partial charge in [-0.2, -0.15) is 5.26 Å². The average Bonchev–Trinajstić information content (AvgIpc) is 2.78. The summed E-state index contributed by atoms with van der Waals surface area (Å²) in [7, 11) is 0. The molecule has 2 aromatic rings. The van der Waals surface area contributed by atoms with Gasteiger partial charge in [0.25, 0.3) is 11.8 Å². The molecule has 0 saturated carbocycles. The monoisotopic (exact) mass is 443 g/mol. The van der Waals surface area contributed by atoms with E-state index in [1.807, 2.05) is 13.8 Å². The third-order valence-corrected chi connectivity index (χ3v) is 5.38. The van der Waals surface area contributed by atoms with Gasteiger partial charge in [-0.15, -0.1) is 0 Å². The van der Waals surface area contributed by atoms with Crippen LogP contribution in [0.4, 0.5) is 4.39 Å². The molecular weight excluding hydrogens is 421 g/mol. The highest BCUT2D eigenvalue weighted by atomic mass is 35.5. The molecule has 1 aliphatic rings. The number of halogens is 2. The van der Waals surface area contributed by atoms with E-state index < -0.39 is 17.8 Å². The van der Waals surface area contributed by atoms with E-state index in [1.54, 1.807) is 29.2 Å². The summed E-state index contributed by atoms with van der Waals surface area (Å²) >= 11 is 5.89. The molecule has 3 rings (SSSR count). The van der Waals surface area contributed by atoms with Crippen LogP contribution in [0.2, 0.25) is 5.02 Å². The second-order valence-corrected chi connectivity index (χ2v) is 8.07. The summed E-state index contributed by atoms with van der Waals surface area (Å²) in [6.45, 7) is 4.91. The number of hydrogen-bond donors (Lipinski definition) is 0. The van der Waals surface area contributed by atoms with Gasteiger partial charge in [-0.1, -0.05) is 37.6 Å². The zero-order valence-electron chi connectivity index (χ0n) is 17.3. The third-order valence-electron chi connectivity index (χ3n) is 5.15. The number of rotatable bonds is 5. The van der Waals surface area contributed by atoms with Crippen molar-refractivity contribution in [3.8, 4) is 11.8 Å². The number of carbonyl (C=O) groups excluding carboxylic acids is 2. The second kappa shape index (κ2) is 9.80. The largest absolute Gasteiger partial charge is 0.479 e. The Kier molecular flexibility index (Phi) is 7.13. The van der Waals surface area contributed by atoms with Gasteiger partial charge in [-0.05, 0) is 36.2 Å². The Morgan fingerprint density at radius 2 is 1.74 bits per heavy atom. The summed E-state index contributed by atoms with van der Waals surface area (Å²) in [5, 5.41) is 9.56. The van der Waals surface area contributed by atoms with Gasteiger partial charge in [0.15, 0.2) is 6.10 Å². The van der Waals surface area contributed by atoms with E-state index in [1.165, 1.54) is 23.1 Å². The highest BCUT2D eigenvalue weighted by molar-refractivity contribution is 6.31. The molecule has 2 amide bonds. The van der Waals surface area contributed by atoms with Crippen LogP contribution in [-0.4, -0.2) is 53.9 Å². The van der Waals surface area contributed by atoms with Gasteiger partial charge in [0.1, 0.15) is 17.6 Å². The maximum Gasteiger partial charge on any atom is 0.264 e. The number of hydrogen-bond acceptors (Lipinski definition) is 4. The molecule has 31 heavy (non-hydrogen) atoms. The van der Waals surface area contributed by atoms with Crippen molar-refractivity contribution in [1.82, 2.24) is 9.80 Å². The predicted molar refractivity (Wildman–Crippen MR) is 114 cm³/mol. The molecule has 1 unspecified atom stereocenters. The van der Waals surface area contributed by atoms with Crippen LogP contribution in [0.25, 0.3) is 0 Å². The minimum absolute atomic E-state index is 0.0798. The molecule has 1 fully saturated rings. The zero-order valence-corrected chi connectivity index (χ0v) is 18.1. The molecule has 1 heterocycles. The first-order valence-electron chi connectivity index (χ1n) is 10.0. The maximum absolute atomic E-state index is 14.0. The Balaban J connectivity index is 1.67. The van der Waals surface area contributed by atoms with E-state index in [-0.39, 0.29) is 35.5 Å². The fourth-order valence-electron chi connectivity index (χ4n) is 3.41. The van der Waals surface area contributed by atoms with Gasteiger partial charge in [0.2, 0.25) is 0 Å². The average molecular weight is 444 g/mol. The first-order valence-corrected chi connectivity index (χ1v) is 10.4. The van der Waals surface area contributed by atoms with Gasteiger partial charge in [0.05, 0.1) is 11.1 Å². The number of nitriles is 1. The number of carbonyl (C=O) groups is 2. The summed E-state index contributed by atoms with van der Waals surface area (Å²) in [6.07, 6.45) is -0.762. The highest BCUT2D eigenvalue weighted by Crippen LogP contribution is 2.23. The van der Waals surface area contributed by atoms with Crippen molar-refractivity contribution in [1.29, 1.82) is 5.26 Å². The Morgan fingerprint density at radius 3 is 2.39 bits per heavy atom. The highest BCUT2D eigenvalue weighted by Gasteiger charge is 2.33. The Labute approximate surface area is 185 Å². The quantitative estimate of drug-likeness (QED) is 0.705. The fourth-order valence-corrected chi connectivity index (χ4v) is 3.58. The molecule has 0 aromatic heterocycles. The van der Waals surface area contributed by atoms with Crippen LogP contribution in [0.3, 0.4) is 0 Å². The van der Waals surface area contributed by atoms with Crippen molar-refractivity contribution in [2.45, 2.75) is 20.0 Å². The molecule has 2 aromatic carbocycles. The van der Waals surface area contributed by atoms with Crippen LogP contribution >= 0.6 is 11.6 Å². The van der Waals surface area contributed by atoms with Crippen LogP contribution in [0.15, 0.2) is 42.5 Å². The van der Waals surface area contributed by atoms with Gasteiger partial charge >= 0.3 is 0 Å². The van der Waals surface area contributed by atoms with E-state index in [0.29, 0.717) is 24.4 Å². The van der Waals surface area contributed by atoms with Crippen LogP contribution in [-0.2, 0) is 4.79 Å². The van der Waals surface area contributed by atoms with E-state index in [0.717, 1.165) is 0 Å². The SMILES string of the molecule is CC(C)C(Oc1ccccc1C#N)C(=O)N1CCN(C(=O)c2cc(Cl)ccc2F)CC1. The second-order valence-electron chi connectivity index (χ2n) is 7.63. The minimum atomic E-state index is -0.762. The van der Waals surface area contributed by atoms with Gasteiger partial charge in [-0.3, -0.25) is 9.59 Å². The topological polar surface area (TPSA) is 73.6 Å². The lowest BCUT2D eigenvalue weighted by Crippen LogP contribution is -2.54. The molecule has 0 N–H and O–H groups in total. The van der Waals surface area contributed by atoms with E-state index in [9.17, 15) is 19.2 Å². The fraction of sp³-hybridized carbons (Fsp3) is 0.348. The molecule has 0 aliphatic carbocycles. The molecule has 1 atom stereocenters. The van der Waals surface area contributed by atoms with Crippen LogP contribution < -0.4 is 4.74 Å². The van der Waals surface area contributed by atoms with Crippen LogP contribution in [0.1, 0.15) is 29.8 Å². The van der Waals surface area contributed by atoms with Crippen molar-refractivity contribution in [3.05, 3.63) is 64.4 Å².